The molecule has 0 bridgehead atoms. The van der Waals surface area contributed by atoms with E-state index in [0.717, 1.165) is 5.56 Å². The molecule has 1 amide bonds. The lowest BCUT2D eigenvalue weighted by atomic mass is 10.1. The Morgan fingerprint density at radius 1 is 1.22 bits per heavy atom. The van der Waals surface area contributed by atoms with Crippen molar-refractivity contribution in [3.05, 3.63) is 59.2 Å². The molecule has 1 aromatic carbocycles. The Kier molecular flexibility index (Phi) is 3.92. The van der Waals surface area contributed by atoms with Gasteiger partial charge >= 0.3 is 0 Å². The van der Waals surface area contributed by atoms with Crippen molar-refractivity contribution in [2.24, 2.45) is 5.73 Å². The molecular weight excluding hydrogens is 250 g/mol. The molecule has 18 heavy (non-hydrogen) atoms. The molecule has 2 aromatic rings. The molecule has 5 heteroatoms. The Labute approximate surface area is 110 Å². The summed E-state index contributed by atoms with van der Waals surface area (Å²) in [7, 11) is 0. The molecule has 0 saturated carbocycles. The van der Waals surface area contributed by atoms with Crippen molar-refractivity contribution in [2.45, 2.75) is 6.04 Å². The minimum Gasteiger partial charge on any atom is -0.316 e. The summed E-state index contributed by atoms with van der Waals surface area (Å²) in [4.78, 5) is 15.9. The third-order valence-corrected chi connectivity index (χ3v) is 2.75. The fraction of sp³-hybridized carbons (Fsp3) is 0.0769. The summed E-state index contributed by atoms with van der Waals surface area (Å²) in [6, 6.07) is 11.7. The number of hydrogen-bond donors (Lipinski definition) is 2. The second-order valence-corrected chi connectivity index (χ2v) is 4.12. The van der Waals surface area contributed by atoms with Crippen LogP contribution in [0.3, 0.4) is 0 Å². The second kappa shape index (κ2) is 5.62. The van der Waals surface area contributed by atoms with Crippen LogP contribution in [0.25, 0.3) is 0 Å². The lowest BCUT2D eigenvalue weighted by Gasteiger charge is -2.12. The quantitative estimate of drug-likeness (QED) is 0.891. The van der Waals surface area contributed by atoms with Crippen LogP contribution in [0, 0.1) is 0 Å². The van der Waals surface area contributed by atoms with Crippen molar-refractivity contribution < 1.29 is 4.79 Å². The van der Waals surface area contributed by atoms with Crippen molar-refractivity contribution in [1.82, 2.24) is 4.98 Å². The lowest BCUT2D eigenvalue weighted by molar-refractivity contribution is -0.117. The van der Waals surface area contributed by atoms with Crippen LogP contribution >= 0.6 is 11.6 Å². The van der Waals surface area contributed by atoms with Crippen LogP contribution in [0.2, 0.25) is 5.02 Å². The summed E-state index contributed by atoms with van der Waals surface area (Å²) in [5, 5.41) is 2.98. The van der Waals surface area contributed by atoms with Gasteiger partial charge < -0.3 is 11.1 Å². The predicted molar refractivity (Wildman–Crippen MR) is 71.2 cm³/mol. The largest absolute Gasteiger partial charge is 0.316 e. The van der Waals surface area contributed by atoms with Crippen LogP contribution in [-0.4, -0.2) is 10.9 Å². The zero-order valence-corrected chi connectivity index (χ0v) is 10.3. The van der Waals surface area contributed by atoms with Gasteiger partial charge in [0.25, 0.3) is 0 Å². The molecule has 2 rings (SSSR count). The zero-order chi connectivity index (χ0) is 13.0. The number of pyridine rings is 1. The third kappa shape index (κ3) is 2.85. The number of amides is 1. The van der Waals surface area contributed by atoms with Gasteiger partial charge in [-0.25, -0.2) is 4.98 Å². The molecule has 4 nitrogen and oxygen atoms in total. The van der Waals surface area contributed by atoms with Crippen molar-refractivity contribution in [1.29, 1.82) is 0 Å². The van der Waals surface area contributed by atoms with E-state index in [2.05, 4.69) is 10.3 Å². The van der Waals surface area contributed by atoms with E-state index in [4.69, 9.17) is 17.3 Å². The van der Waals surface area contributed by atoms with Gasteiger partial charge in [0.15, 0.2) is 5.82 Å². The van der Waals surface area contributed by atoms with Gasteiger partial charge in [0.05, 0.1) is 5.02 Å². The first-order chi connectivity index (χ1) is 8.68. The molecular formula is C13H12ClN3O. The van der Waals surface area contributed by atoms with E-state index in [0.29, 0.717) is 10.8 Å². The topological polar surface area (TPSA) is 68.0 Å². The number of nitrogens with zero attached hydrogens (tertiary/aromatic N) is 1. The normalized spacial score (nSPS) is 11.9. The smallest absolute Gasteiger partial charge is 0.247 e. The molecule has 0 aliphatic carbocycles. The first-order valence-electron chi connectivity index (χ1n) is 5.40. The van der Waals surface area contributed by atoms with E-state index in [1.54, 1.807) is 30.5 Å². The SMILES string of the molecule is N[C@@H](C(=O)Nc1ncccc1Cl)c1ccccc1. The number of nitrogens with one attached hydrogen (secondary N) is 1. The average Bonchev–Trinajstić information content (AvgIpc) is 2.41. The average molecular weight is 262 g/mol. The maximum Gasteiger partial charge on any atom is 0.247 e. The number of anilines is 1. The standard InChI is InChI=1S/C13H12ClN3O/c14-10-7-4-8-16-12(10)17-13(18)11(15)9-5-2-1-3-6-9/h1-8,11H,15H2,(H,16,17,18)/t11-/m1/s1. The monoisotopic (exact) mass is 261 g/mol. The molecule has 92 valence electrons. The summed E-state index contributed by atoms with van der Waals surface area (Å²) in [5.74, 6) is -0.0302. The number of benzene rings is 1. The van der Waals surface area contributed by atoms with Gasteiger partial charge in [-0.15, -0.1) is 0 Å². The highest BCUT2D eigenvalue weighted by Gasteiger charge is 2.16. The van der Waals surface area contributed by atoms with Gasteiger partial charge in [-0.3, -0.25) is 4.79 Å². The summed E-state index contributed by atoms with van der Waals surface area (Å²) < 4.78 is 0. The van der Waals surface area contributed by atoms with Crippen LogP contribution in [0.15, 0.2) is 48.7 Å². The van der Waals surface area contributed by atoms with Crippen LogP contribution < -0.4 is 11.1 Å². The van der Waals surface area contributed by atoms with Crippen molar-refractivity contribution in [3.63, 3.8) is 0 Å². The van der Waals surface area contributed by atoms with Crippen LogP contribution in [0.4, 0.5) is 5.82 Å². The summed E-state index contributed by atoms with van der Waals surface area (Å²) in [5.41, 5.74) is 6.59. The van der Waals surface area contributed by atoms with Crippen LogP contribution in [0.5, 0.6) is 0 Å². The molecule has 1 aromatic heterocycles. The minimum absolute atomic E-state index is 0.315. The second-order valence-electron chi connectivity index (χ2n) is 3.71. The van der Waals surface area contributed by atoms with Gasteiger partial charge in [0, 0.05) is 6.20 Å². The number of nitrogens with two attached hydrogens (primary N) is 1. The Hall–Kier alpha value is -1.91. The highest BCUT2D eigenvalue weighted by atomic mass is 35.5. The molecule has 1 heterocycles. The third-order valence-electron chi connectivity index (χ3n) is 2.44. The molecule has 0 aliphatic heterocycles. The first-order valence-corrected chi connectivity index (χ1v) is 5.78. The fourth-order valence-corrected chi connectivity index (χ4v) is 1.65. The summed E-state index contributed by atoms with van der Waals surface area (Å²) in [6.07, 6.45) is 1.55. The van der Waals surface area contributed by atoms with E-state index in [1.165, 1.54) is 0 Å². The fourth-order valence-electron chi connectivity index (χ4n) is 1.48. The summed E-state index contributed by atoms with van der Waals surface area (Å²) in [6.45, 7) is 0. The summed E-state index contributed by atoms with van der Waals surface area (Å²) >= 11 is 5.90. The van der Waals surface area contributed by atoms with Crippen molar-refractivity contribution >= 4 is 23.3 Å². The lowest BCUT2D eigenvalue weighted by Crippen LogP contribution is -2.28. The van der Waals surface area contributed by atoms with Gasteiger partial charge in [-0.05, 0) is 17.7 Å². The number of carbonyl (C=O) groups excluding carboxylic acids is 1. The maximum absolute atomic E-state index is 11.9. The Bertz CT molecular complexity index is 545. The molecule has 0 aliphatic rings. The van der Waals surface area contributed by atoms with E-state index in [-0.39, 0.29) is 5.91 Å². The molecule has 0 fully saturated rings. The molecule has 0 unspecified atom stereocenters. The maximum atomic E-state index is 11.9. The Balaban J connectivity index is 2.12. The van der Waals surface area contributed by atoms with Crippen LogP contribution in [-0.2, 0) is 4.79 Å². The number of aromatic nitrogens is 1. The number of hydrogen-bond acceptors (Lipinski definition) is 3. The van der Waals surface area contributed by atoms with E-state index >= 15 is 0 Å². The predicted octanol–water partition coefficient (Wildman–Crippen LogP) is 2.37. The number of halogens is 1. The van der Waals surface area contributed by atoms with Gasteiger partial charge in [0.1, 0.15) is 6.04 Å². The molecule has 1 atom stereocenters. The first kappa shape index (κ1) is 12.5. The Morgan fingerprint density at radius 3 is 2.61 bits per heavy atom. The van der Waals surface area contributed by atoms with Crippen molar-refractivity contribution in [3.8, 4) is 0 Å². The Morgan fingerprint density at radius 2 is 1.94 bits per heavy atom. The molecule has 3 N–H and O–H groups in total. The van der Waals surface area contributed by atoms with E-state index in [9.17, 15) is 4.79 Å². The highest BCUT2D eigenvalue weighted by Crippen LogP contribution is 2.19. The highest BCUT2D eigenvalue weighted by molar-refractivity contribution is 6.33. The molecule has 0 radical (unpaired) electrons. The van der Waals surface area contributed by atoms with Gasteiger partial charge in [-0.2, -0.15) is 0 Å². The minimum atomic E-state index is -0.746. The molecule has 0 spiro atoms. The van der Waals surface area contributed by atoms with E-state index in [1.807, 2.05) is 18.2 Å². The molecule has 0 saturated heterocycles. The van der Waals surface area contributed by atoms with Gasteiger partial charge in [0.2, 0.25) is 5.91 Å². The number of carbonyl (C=O) groups is 1. The van der Waals surface area contributed by atoms with E-state index < -0.39 is 6.04 Å². The van der Waals surface area contributed by atoms with Gasteiger partial charge in [-0.1, -0.05) is 41.9 Å². The number of rotatable bonds is 3. The van der Waals surface area contributed by atoms with Crippen LogP contribution in [0.1, 0.15) is 11.6 Å². The zero-order valence-electron chi connectivity index (χ0n) is 9.51. The van der Waals surface area contributed by atoms with Crippen molar-refractivity contribution in [2.75, 3.05) is 5.32 Å².